The lowest BCUT2D eigenvalue weighted by atomic mass is 9.87. The summed E-state index contributed by atoms with van der Waals surface area (Å²) in [5.74, 6) is -3.34. The maximum atomic E-state index is 14.7. The minimum Gasteiger partial charge on any atom is -0.483 e. The van der Waals surface area contributed by atoms with Crippen LogP contribution in [0.5, 0.6) is 5.75 Å². The summed E-state index contributed by atoms with van der Waals surface area (Å²) in [5.41, 5.74) is -6.08. The summed E-state index contributed by atoms with van der Waals surface area (Å²) in [6.07, 6.45) is -3.50. The summed E-state index contributed by atoms with van der Waals surface area (Å²) in [7, 11) is -3.89. The standard InChI is InChI=1S/C38H41ClF5N5O8S/c1-34(2,38(42,43)44)57-33(53)46-25-9-7-5-3-4-6-8-20-17-37(20,32(52)49-36(14-15-36)58(49,54)55)47-30(50)26-18-35(19-48(26)31(25)51)13-12-22-23-16-21(39)10-11-24(23)45-27(29(40)41)28(22)56-35/h6,8,10-11,16,20,25-26,29H,3-5,7,9,12-15,17-19H2,1-2H3,(H,46,53)(H,47,50). The fourth-order valence-electron chi connectivity index (χ4n) is 8.70. The largest absolute Gasteiger partial charge is 0.483 e. The van der Waals surface area contributed by atoms with Crippen LogP contribution in [0, 0.1) is 5.92 Å². The van der Waals surface area contributed by atoms with Gasteiger partial charge in [0.2, 0.25) is 17.4 Å². The van der Waals surface area contributed by atoms with Gasteiger partial charge in [-0.25, -0.2) is 31.3 Å². The minimum atomic E-state index is -4.95. The van der Waals surface area contributed by atoms with E-state index in [1.807, 2.05) is 6.08 Å². The van der Waals surface area contributed by atoms with Crippen LogP contribution in [0.1, 0.15) is 95.7 Å². The third-order valence-electron chi connectivity index (χ3n) is 12.4. The minimum absolute atomic E-state index is 0.0578. The second-order valence-corrected chi connectivity index (χ2v) is 19.2. The zero-order chi connectivity index (χ0) is 41.8. The molecule has 2 aliphatic carbocycles. The fourth-order valence-corrected chi connectivity index (χ4v) is 11.0. The van der Waals surface area contributed by atoms with E-state index in [9.17, 15) is 49.5 Å². The van der Waals surface area contributed by atoms with Crippen molar-refractivity contribution in [1.29, 1.82) is 0 Å². The molecule has 58 heavy (non-hydrogen) atoms. The molecule has 6 aliphatic rings. The quantitative estimate of drug-likeness (QED) is 0.214. The van der Waals surface area contributed by atoms with Crippen molar-refractivity contribution in [3.05, 3.63) is 46.6 Å². The van der Waals surface area contributed by atoms with Gasteiger partial charge in [-0.15, -0.1) is 0 Å². The highest BCUT2D eigenvalue weighted by atomic mass is 35.5. The number of fused-ring (bicyclic) bond motifs is 5. The van der Waals surface area contributed by atoms with Gasteiger partial charge in [0.15, 0.2) is 10.6 Å². The van der Waals surface area contributed by atoms with Crippen LogP contribution in [0.15, 0.2) is 30.4 Å². The molecule has 314 valence electrons. The number of halogens is 6. The van der Waals surface area contributed by atoms with Crippen LogP contribution in [-0.4, -0.2) is 92.8 Å². The van der Waals surface area contributed by atoms with E-state index < -0.39 is 91.7 Å². The molecule has 1 aromatic carbocycles. The number of nitrogens with zero attached hydrogens (tertiary/aromatic N) is 3. The fraction of sp³-hybridized carbons (Fsp3) is 0.605. The Labute approximate surface area is 335 Å². The third-order valence-corrected chi connectivity index (χ3v) is 15.0. The first-order valence-electron chi connectivity index (χ1n) is 19.2. The average Bonchev–Trinajstić information content (AvgIpc) is 4.08. The highest BCUT2D eigenvalue weighted by Crippen LogP contribution is 2.64. The van der Waals surface area contributed by atoms with Gasteiger partial charge in [-0.05, 0) is 83.4 Å². The highest BCUT2D eigenvalue weighted by molar-refractivity contribution is 7.98. The van der Waals surface area contributed by atoms with Crippen molar-refractivity contribution < 1.29 is 59.0 Å². The molecule has 4 fully saturated rings. The first-order chi connectivity index (χ1) is 27.2. The van der Waals surface area contributed by atoms with Crippen molar-refractivity contribution >= 4 is 56.3 Å². The Morgan fingerprint density at radius 2 is 1.84 bits per heavy atom. The number of amides is 4. The van der Waals surface area contributed by atoms with Crippen molar-refractivity contribution in [1.82, 2.24) is 24.8 Å². The number of benzene rings is 1. The number of ether oxygens (including phenoxy) is 2. The Morgan fingerprint density at radius 3 is 2.52 bits per heavy atom. The summed E-state index contributed by atoms with van der Waals surface area (Å²) < 4.78 is 108. The van der Waals surface area contributed by atoms with Gasteiger partial charge in [-0.3, -0.25) is 14.4 Å². The molecule has 4 aliphatic heterocycles. The van der Waals surface area contributed by atoms with Gasteiger partial charge in [0.25, 0.3) is 22.4 Å². The topological polar surface area (TPSA) is 164 Å². The Bertz CT molecular complexity index is 2250. The van der Waals surface area contributed by atoms with Crippen molar-refractivity contribution in [3.8, 4) is 5.75 Å². The molecule has 0 radical (unpaired) electrons. The monoisotopic (exact) mass is 857 g/mol. The number of hydrogen-bond donors (Lipinski definition) is 2. The van der Waals surface area contributed by atoms with E-state index in [4.69, 9.17) is 21.1 Å². The molecule has 13 nitrogen and oxygen atoms in total. The summed E-state index contributed by atoms with van der Waals surface area (Å²) in [6.45, 7) is 0.921. The summed E-state index contributed by atoms with van der Waals surface area (Å²) in [5, 5.41) is 5.85. The van der Waals surface area contributed by atoms with Crippen molar-refractivity contribution in [2.75, 3.05) is 6.54 Å². The number of alkyl carbamates (subject to hydrolysis) is 1. The number of carbonyl (C=O) groups is 4. The zero-order valence-electron chi connectivity index (χ0n) is 31.5. The van der Waals surface area contributed by atoms with Gasteiger partial charge >= 0.3 is 12.3 Å². The highest BCUT2D eigenvalue weighted by Gasteiger charge is 2.83. The molecule has 20 heteroatoms. The van der Waals surface area contributed by atoms with E-state index in [0.29, 0.717) is 55.5 Å². The number of alkyl halides is 5. The van der Waals surface area contributed by atoms with Crippen LogP contribution < -0.4 is 15.4 Å². The third kappa shape index (κ3) is 6.63. The van der Waals surface area contributed by atoms with Gasteiger partial charge < -0.3 is 25.0 Å². The second kappa shape index (κ2) is 13.6. The molecule has 2 N–H and O–H groups in total. The number of hydrogen-bond acceptors (Lipinski definition) is 9. The molecule has 2 aromatic rings. The van der Waals surface area contributed by atoms with Crippen LogP contribution in [0.2, 0.25) is 5.02 Å². The molecule has 4 amide bonds. The Kier molecular flexibility index (Phi) is 9.53. The Morgan fingerprint density at radius 1 is 1.10 bits per heavy atom. The number of nitrogens with one attached hydrogen (secondary N) is 2. The van der Waals surface area contributed by atoms with E-state index >= 15 is 0 Å². The van der Waals surface area contributed by atoms with E-state index in [2.05, 4.69) is 15.6 Å². The van der Waals surface area contributed by atoms with E-state index in [1.165, 1.54) is 12.1 Å². The van der Waals surface area contributed by atoms with Crippen LogP contribution in [0.3, 0.4) is 0 Å². The summed E-state index contributed by atoms with van der Waals surface area (Å²) in [4.78, 5) is 60.3. The molecule has 0 bridgehead atoms. The molecular weight excluding hydrogens is 817 g/mol. The molecule has 2 saturated carbocycles. The summed E-state index contributed by atoms with van der Waals surface area (Å²) in [6, 6.07) is 1.63. The van der Waals surface area contributed by atoms with Crippen LogP contribution in [-0.2, 0) is 35.6 Å². The predicted octanol–water partition coefficient (Wildman–Crippen LogP) is 5.98. The second-order valence-electron chi connectivity index (χ2n) is 16.7. The van der Waals surface area contributed by atoms with E-state index in [0.717, 1.165) is 9.21 Å². The number of allylic oxidation sites excluding steroid dienone is 1. The molecule has 5 unspecified atom stereocenters. The van der Waals surface area contributed by atoms with Gasteiger partial charge in [-0.1, -0.05) is 36.6 Å². The van der Waals surface area contributed by atoms with Crippen LogP contribution in [0.4, 0.5) is 26.7 Å². The van der Waals surface area contributed by atoms with Gasteiger partial charge in [0.05, 0.1) is 12.1 Å². The lowest BCUT2D eigenvalue weighted by Gasteiger charge is -2.37. The number of aromatic nitrogens is 1. The first kappa shape index (κ1) is 40.5. The molecule has 1 aromatic heterocycles. The Balaban J connectivity index is 1.16. The van der Waals surface area contributed by atoms with Gasteiger partial charge in [0, 0.05) is 28.3 Å². The Hall–Kier alpha value is -4.26. The number of aryl methyl sites for hydroxylation is 1. The number of rotatable bonds is 4. The number of carbonyl (C=O) groups excluding carboxylic acids is 4. The normalized spacial score (nSPS) is 30.1. The van der Waals surface area contributed by atoms with Crippen molar-refractivity contribution in [3.63, 3.8) is 0 Å². The lowest BCUT2D eigenvalue weighted by Crippen LogP contribution is -2.57. The van der Waals surface area contributed by atoms with E-state index in [-0.39, 0.29) is 62.8 Å². The first-order valence-corrected chi connectivity index (χ1v) is 21.0. The maximum Gasteiger partial charge on any atom is 0.427 e. The molecular formula is C38H41ClF5N5O8S. The molecule has 8 rings (SSSR count). The van der Waals surface area contributed by atoms with Crippen molar-refractivity contribution in [2.24, 2.45) is 5.92 Å². The molecule has 5 heterocycles. The van der Waals surface area contributed by atoms with Crippen molar-refractivity contribution in [2.45, 2.75) is 131 Å². The SMILES string of the molecule is CC(C)(OC(=O)NC1CCCCCC=CC2CC2(C(=O)N2C3(CC3)S2(=O)=O)NC(=O)C2CC3(CCc4c(c(C(F)F)nc5ccc(Cl)cc45)O3)CN2C1=O)C(F)(F)F. The number of sulfonamides is 1. The molecule has 2 spiro atoms. The summed E-state index contributed by atoms with van der Waals surface area (Å²) >= 11 is 6.26. The van der Waals surface area contributed by atoms with E-state index in [1.54, 1.807) is 12.1 Å². The van der Waals surface area contributed by atoms with Gasteiger partial charge in [0.1, 0.15) is 28.9 Å². The van der Waals surface area contributed by atoms with Gasteiger partial charge in [-0.2, -0.15) is 13.2 Å². The molecule has 2 saturated heterocycles. The smallest absolute Gasteiger partial charge is 0.427 e. The zero-order valence-corrected chi connectivity index (χ0v) is 33.0. The average molecular weight is 858 g/mol. The predicted molar refractivity (Wildman–Crippen MR) is 196 cm³/mol. The van der Waals surface area contributed by atoms with Crippen LogP contribution in [0.25, 0.3) is 10.9 Å². The number of pyridine rings is 1. The maximum absolute atomic E-state index is 14.7. The van der Waals surface area contributed by atoms with Crippen LogP contribution >= 0.6 is 11.6 Å². The lowest BCUT2D eigenvalue weighted by molar-refractivity contribution is -0.244. The molecule has 5 atom stereocenters.